The third-order valence-electron chi connectivity index (χ3n) is 6.48. The monoisotopic (exact) mass is 422 g/mol. The molecule has 0 bridgehead atoms. The van der Waals surface area contributed by atoms with Crippen LogP contribution in [0.2, 0.25) is 0 Å². The van der Waals surface area contributed by atoms with Gasteiger partial charge in [-0.3, -0.25) is 4.90 Å². The molecule has 0 saturated heterocycles. The van der Waals surface area contributed by atoms with Crippen molar-refractivity contribution < 1.29 is 18.7 Å². The molecule has 1 saturated carbocycles. The molecule has 1 aliphatic heterocycles. The SMILES string of the molecule is C[C@@H]1Cc2c([nH]c3ccccc23)[C@@H](c2c(F)cc(/C=C/C(=O)O)cc2F)N1CC1CC1. The van der Waals surface area contributed by atoms with Crippen molar-refractivity contribution in [2.24, 2.45) is 5.92 Å². The summed E-state index contributed by atoms with van der Waals surface area (Å²) in [7, 11) is 0. The number of benzene rings is 2. The zero-order valence-electron chi connectivity index (χ0n) is 17.2. The summed E-state index contributed by atoms with van der Waals surface area (Å²) in [6, 6.07) is 10.0. The maximum Gasteiger partial charge on any atom is 0.328 e. The van der Waals surface area contributed by atoms with Crippen LogP contribution in [-0.2, 0) is 11.2 Å². The van der Waals surface area contributed by atoms with E-state index in [0.717, 1.165) is 54.0 Å². The van der Waals surface area contributed by atoms with E-state index in [1.165, 1.54) is 18.2 Å². The summed E-state index contributed by atoms with van der Waals surface area (Å²) in [6.45, 7) is 2.93. The third kappa shape index (κ3) is 3.65. The third-order valence-corrected chi connectivity index (χ3v) is 6.48. The average molecular weight is 422 g/mol. The van der Waals surface area contributed by atoms with Crippen molar-refractivity contribution in [3.05, 3.63) is 76.5 Å². The summed E-state index contributed by atoms with van der Waals surface area (Å²) in [5.41, 5.74) is 3.16. The van der Waals surface area contributed by atoms with Gasteiger partial charge in [-0.15, -0.1) is 0 Å². The van der Waals surface area contributed by atoms with E-state index in [2.05, 4.69) is 22.9 Å². The number of hydrogen-bond donors (Lipinski definition) is 2. The highest BCUT2D eigenvalue weighted by molar-refractivity contribution is 5.86. The number of fused-ring (bicyclic) bond motifs is 3. The highest BCUT2D eigenvalue weighted by Crippen LogP contribution is 2.44. The number of H-pyrrole nitrogens is 1. The van der Waals surface area contributed by atoms with E-state index in [4.69, 9.17) is 5.11 Å². The Labute approximate surface area is 179 Å². The van der Waals surface area contributed by atoms with E-state index in [9.17, 15) is 4.79 Å². The molecular formula is C25H24F2N2O2. The molecule has 6 heteroatoms. The van der Waals surface area contributed by atoms with Crippen LogP contribution in [0.15, 0.2) is 42.5 Å². The van der Waals surface area contributed by atoms with Gasteiger partial charge in [0.25, 0.3) is 0 Å². The number of carboxylic acid groups (broad SMARTS) is 1. The van der Waals surface area contributed by atoms with Gasteiger partial charge in [0.05, 0.1) is 6.04 Å². The Morgan fingerprint density at radius 1 is 1.23 bits per heavy atom. The minimum atomic E-state index is -1.16. The number of aromatic amines is 1. The molecular weight excluding hydrogens is 398 g/mol. The van der Waals surface area contributed by atoms with Gasteiger partial charge in [-0.1, -0.05) is 18.2 Å². The Morgan fingerprint density at radius 2 is 1.94 bits per heavy atom. The number of aliphatic carboxylic acids is 1. The number of aromatic nitrogens is 1. The van der Waals surface area contributed by atoms with Crippen molar-refractivity contribution in [1.82, 2.24) is 9.88 Å². The fourth-order valence-corrected chi connectivity index (χ4v) is 4.83. The molecule has 31 heavy (non-hydrogen) atoms. The molecule has 0 radical (unpaired) electrons. The number of rotatable bonds is 5. The Morgan fingerprint density at radius 3 is 2.61 bits per heavy atom. The standard InChI is InChI=1S/C25H24F2N2O2/c1-14-10-18-17-4-2-3-5-21(17)28-24(18)25(29(14)13-15-6-7-15)23-19(26)11-16(12-20(23)27)8-9-22(30)31/h2-5,8-9,11-12,14-15,25,28H,6-7,10,13H2,1H3,(H,30,31)/b9-8+/t14-,25-/m1/s1. The number of carbonyl (C=O) groups is 1. The highest BCUT2D eigenvalue weighted by Gasteiger charge is 2.40. The molecule has 0 amide bonds. The first-order valence-electron chi connectivity index (χ1n) is 10.7. The van der Waals surface area contributed by atoms with Crippen molar-refractivity contribution in [2.75, 3.05) is 6.54 Å². The van der Waals surface area contributed by atoms with Crippen LogP contribution in [0.3, 0.4) is 0 Å². The second kappa shape index (κ2) is 7.61. The summed E-state index contributed by atoms with van der Waals surface area (Å²) in [4.78, 5) is 16.5. The van der Waals surface area contributed by atoms with Crippen molar-refractivity contribution in [3.63, 3.8) is 0 Å². The van der Waals surface area contributed by atoms with E-state index in [-0.39, 0.29) is 17.2 Å². The maximum atomic E-state index is 15.4. The van der Waals surface area contributed by atoms with E-state index >= 15 is 8.78 Å². The first-order chi connectivity index (χ1) is 14.9. The molecule has 1 fully saturated rings. The fraction of sp³-hybridized carbons (Fsp3) is 0.320. The van der Waals surface area contributed by atoms with Gasteiger partial charge in [-0.05, 0) is 67.5 Å². The van der Waals surface area contributed by atoms with Crippen LogP contribution in [0, 0.1) is 17.6 Å². The molecule has 2 aliphatic rings. The molecule has 160 valence electrons. The smallest absolute Gasteiger partial charge is 0.328 e. The number of carboxylic acids is 1. The summed E-state index contributed by atoms with van der Waals surface area (Å²) < 4.78 is 30.7. The van der Waals surface area contributed by atoms with E-state index in [1.807, 2.05) is 18.2 Å². The molecule has 0 unspecified atom stereocenters. The van der Waals surface area contributed by atoms with Gasteiger partial charge in [0.15, 0.2) is 0 Å². The number of para-hydroxylation sites is 1. The topological polar surface area (TPSA) is 56.3 Å². The minimum absolute atomic E-state index is 0.0208. The predicted octanol–water partition coefficient (Wildman–Crippen LogP) is 5.29. The summed E-state index contributed by atoms with van der Waals surface area (Å²) in [5, 5.41) is 9.92. The van der Waals surface area contributed by atoms with Gasteiger partial charge < -0.3 is 10.1 Å². The number of halogens is 2. The molecule has 1 aliphatic carbocycles. The van der Waals surface area contributed by atoms with Crippen molar-refractivity contribution in [1.29, 1.82) is 0 Å². The molecule has 0 spiro atoms. The molecule has 1 aromatic heterocycles. The van der Waals surface area contributed by atoms with E-state index in [0.29, 0.717) is 5.92 Å². The molecule has 5 rings (SSSR count). The van der Waals surface area contributed by atoms with Gasteiger partial charge in [-0.25, -0.2) is 13.6 Å². The van der Waals surface area contributed by atoms with Crippen LogP contribution in [0.5, 0.6) is 0 Å². The lowest BCUT2D eigenvalue weighted by Crippen LogP contribution is -2.44. The van der Waals surface area contributed by atoms with Crippen molar-refractivity contribution in [3.8, 4) is 0 Å². The van der Waals surface area contributed by atoms with Crippen molar-refractivity contribution in [2.45, 2.75) is 38.3 Å². The van der Waals surface area contributed by atoms with Gasteiger partial charge in [-0.2, -0.15) is 0 Å². The van der Waals surface area contributed by atoms with E-state index in [1.54, 1.807) is 0 Å². The molecule has 4 nitrogen and oxygen atoms in total. The zero-order chi connectivity index (χ0) is 21.7. The van der Waals surface area contributed by atoms with Crippen molar-refractivity contribution >= 4 is 22.9 Å². The first-order valence-corrected chi connectivity index (χ1v) is 10.7. The normalized spacial score (nSPS) is 21.6. The van der Waals surface area contributed by atoms with Crippen LogP contribution in [0.1, 0.15) is 48.2 Å². The summed E-state index contributed by atoms with van der Waals surface area (Å²) in [5.74, 6) is -1.91. The van der Waals surface area contributed by atoms with Gasteiger partial charge in [0.2, 0.25) is 0 Å². The van der Waals surface area contributed by atoms with Crippen LogP contribution in [0.4, 0.5) is 8.78 Å². The number of nitrogens with zero attached hydrogens (tertiary/aromatic N) is 1. The summed E-state index contributed by atoms with van der Waals surface area (Å²) in [6.07, 6.45) is 5.22. The lowest BCUT2D eigenvalue weighted by molar-refractivity contribution is -0.131. The second-order valence-corrected chi connectivity index (χ2v) is 8.73. The van der Waals surface area contributed by atoms with Crippen LogP contribution in [0.25, 0.3) is 17.0 Å². The molecule has 2 N–H and O–H groups in total. The fourth-order valence-electron chi connectivity index (χ4n) is 4.83. The minimum Gasteiger partial charge on any atom is -0.478 e. The largest absolute Gasteiger partial charge is 0.478 e. The highest BCUT2D eigenvalue weighted by atomic mass is 19.1. The van der Waals surface area contributed by atoms with Crippen LogP contribution < -0.4 is 0 Å². The van der Waals surface area contributed by atoms with Crippen LogP contribution >= 0.6 is 0 Å². The molecule has 3 aromatic rings. The Balaban J connectivity index is 1.67. The maximum absolute atomic E-state index is 15.4. The van der Waals surface area contributed by atoms with Gasteiger partial charge in [0, 0.05) is 40.8 Å². The van der Waals surface area contributed by atoms with Crippen LogP contribution in [-0.4, -0.2) is 33.5 Å². The quantitative estimate of drug-likeness (QED) is 0.550. The van der Waals surface area contributed by atoms with Gasteiger partial charge in [0.1, 0.15) is 11.6 Å². The molecule has 2 atom stereocenters. The van der Waals surface area contributed by atoms with Gasteiger partial charge >= 0.3 is 5.97 Å². The Kier molecular flexibility index (Phi) is 4.89. The lowest BCUT2D eigenvalue weighted by atomic mass is 9.87. The average Bonchev–Trinajstić information content (AvgIpc) is 3.47. The van der Waals surface area contributed by atoms with E-state index < -0.39 is 23.6 Å². The first kappa shape index (κ1) is 19.9. The summed E-state index contributed by atoms with van der Waals surface area (Å²) >= 11 is 0. The second-order valence-electron chi connectivity index (χ2n) is 8.73. The zero-order valence-corrected chi connectivity index (χ0v) is 17.2. The number of hydrogen-bond acceptors (Lipinski definition) is 2. The molecule has 2 aromatic carbocycles. The Hall–Kier alpha value is -2.99. The molecule has 2 heterocycles. The predicted molar refractivity (Wildman–Crippen MR) is 116 cm³/mol. The lowest BCUT2D eigenvalue weighted by Gasteiger charge is -2.41. The Bertz CT molecular complexity index is 1170. The number of nitrogens with one attached hydrogen (secondary N) is 1.